The molecule has 0 bridgehead atoms. The monoisotopic (exact) mass is 205 g/mol. The summed E-state index contributed by atoms with van der Waals surface area (Å²) in [6, 6.07) is 3.84. The lowest BCUT2D eigenvalue weighted by Crippen LogP contribution is -2.05. The molecule has 0 amide bonds. The highest BCUT2D eigenvalue weighted by Crippen LogP contribution is 2.31. The average Bonchev–Trinajstić information content (AvgIpc) is 2.07. The molecular formula is C13H19NO. The fraction of sp³-hybridized carbons (Fsp3) is 0.462. The number of nitrogens with zero attached hydrogens (tertiary/aromatic N) is 1. The van der Waals surface area contributed by atoms with Gasteiger partial charge in [-0.2, -0.15) is 0 Å². The van der Waals surface area contributed by atoms with E-state index in [1.807, 2.05) is 32.2 Å². The van der Waals surface area contributed by atoms with Crippen LogP contribution in [0.5, 0.6) is 5.75 Å². The molecule has 1 aromatic carbocycles. The SMILES string of the molecule is Cc1cc(C)c(O)c(N=CC(C)(C)C)c1. The number of aromatic hydroxyl groups is 1. The quantitative estimate of drug-likeness (QED) is 0.696. The lowest BCUT2D eigenvalue weighted by atomic mass is 9.99. The number of rotatable bonds is 1. The van der Waals surface area contributed by atoms with Gasteiger partial charge in [-0.25, -0.2) is 0 Å². The Morgan fingerprint density at radius 3 is 2.33 bits per heavy atom. The van der Waals surface area contributed by atoms with Crippen LogP contribution in [0.15, 0.2) is 17.1 Å². The van der Waals surface area contributed by atoms with E-state index in [4.69, 9.17) is 0 Å². The Balaban J connectivity index is 3.10. The second-order valence-electron chi connectivity index (χ2n) is 5.07. The van der Waals surface area contributed by atoms with Crippen molar-refractivity contribution in [3.63, 3.8) is 0 Å². The summed E-state index contributed by atoms with van der Waals surface area (Å²) in [5, 5.41) is 9.81. The maximum absolute atomic E-state index is 9.81. The Kier molecular flexibility index (Phi) is 3.18. The zero-order chi connectivity index (χ0) is 11.6. The molecule has 15 heavy (non-hydrogen) atoms. The largest absolute Gasteiger partial charge is 0.505 e. The van der Waals surface area contributed by atoms with E-state index >= 15 is 0 Å². The Labute approximate surface area is 91.7 Å². The molecule has 1 N–H and O–H groups in total. The molecule has 0 saturated heterocycles. The molecule has 0 unspecified atom stereocenters. The van der Waals surface area contributed by atoms with Gasteiger partial charge in [0.25, 0.3) is 0 Å². The van der Waals surface area contributed by atoms with Crippen molar-refractivity contribution in [3.8, 4) is 5.75 Å². The first kappa shape index (κ1) is 11.8. The highest BCUT2D eigenvalue weighted by atomic mass is 16.3. The third-order valence-electron chi connectivity index (χ3n) is 2.02. The minimum absolute atomic E-state index is 0.0318. The van der Waals surface area contributed by atoms with E-state index in [-0.39, 0.29) is 11.2 Å². The summed E-state index contributed by atoms with van der Waals surface area (Å²) in [4.78, 5) is 4.32. The Morgan fingerprint density at radius 2 is 1.80 bits per heavy atom. The van der Waals surface area contributed by atoms with Crippen molar-refractivity contribution in [1.82, 2.24) is 0 Å². The van der Waals surface area contributed by atoms with Gasteiger partial charge in [0.2, 0.25) is 0 Å². The van der Waals surface area contributed by atoms with Crippen LogP contribution >= 0.6 is 0 Å². The van der Waals surface area contributed by atoms with Crippen molar-refractivity contribution < 1.29 is 5.11 Å². The third kappa shape index (κ3) is 3.39. The normalized spacial score (nSPS) is 12.3. The maximum atomic E-state index is 9.81. The van der Waals surface area contributed by atoms with E-state index in [1.165, 1.54) is 0 Å². The van der Waals surface area contributed by atoms with Crippen LogP contribution in [0.25, 0.3) is 0 Å². The first-order chi connectivity index (χ1) is 6.79. The van der Waals surface area contributed by atoms with Gasteiger partial charge in [-0.1, -0.05) is 26.8 Å². The van der Waals surface area contributed by atoms with Crippen LogP contribution < -0.4 is 0 Å². The zero-order valence-corrected chi connectivity index (χ0v) is 10.1. The molecule has 0 fully saturated rings. The molecule has 0 saturated carbocycles. The number of aryl methyl sites for hydroxylation is 2. The van der Waals surface area contributed by atoms with E-state index < -0.39 is 0 Å². The summed E-state index contributed by atoms with van der Waals surface area (Å²) in [6.07, 6.45) is 1.86. The predicted molar refractivity (Wildman–Crippen MR) is 65.2 cm³/mol. The molecule has 0 aliphatic carbocycles. The van der Waals surface area contributed by atoms with Crippen molar-refractivity contribution in [1.29, 1.82) is 0 Å². The Hall–Kier alpha value is -1.31. The van der Waals surface area contributed by atoms with Gasteiger partial charge in [0.1, 0.15) is 11.4 Å². The van der Waals surface area contributed by atoms with Crippen LogP contribution in [0, 0.1) is 19.3 Å². The van der Waals surface area contributed by atoms with Crippen LogP contribution in [-0.4, -0.2) is 11.3 Å². The standard InChI is InChI=1S/C13H19NO/c1-9-6-10(2)12(15)11(7-9)14-8-13(3,4)5/h6-8,15H,1-5H3. The van der Waals surface area contributed by atoms with E-state index in [0.717, 1.165) is 11.1 Å². The van der Waals surface area contributed by atoms with Crippen molar-refractivity contribution in [2.75, 3.05) is 0 Å². The van der Waals surface area contributed by atoms with E-state index in [1.54, 1.807) is 0 Å². The summed E-state index contributed by atoms with van der Waals surface area (Å²) >= 11 is 0. The maximum Gasteiger partial charge on any atom is 0.144 e. The van der Waals surface area contributed by atoms with Gasteiger partial charge in [0.15, 0.2) is 0 Å². The average molecular weight is 205 g/mol. The number of hydrogen-bond donors (Lipinski definition) is 1. The highest BCUT2D eigenvalue weighted by molar-refractivity contribution is 5.71. The first-order valence-corrected chi connectivity index (χ1v) is 5.15. The molecule has 1 rings (SSSR count). The number of phenolic OH excluding ortho intramolecular Hbond substituents is 1. The van der Waals surface area contributed by atoms with Crippen LogP contribution in [0.2, 0.25) is 0 Å². The molecule has 0 spiro atoms. The summed E-state index contributed by atoms with van der Waals surface area (Å²) < 4.78 is 0. The van der Waals surface area contributed by atoms with E-state index in [9.17, 15) is 5.11 Å². The second kappa shape index (κ2) is 4.05. The van der Waals surface area contributed by atoms with Crippen LogP contribution in [0.4, 0.5) is 5.69 Å². The Morgan fingerprint density at radius 1 is 1.20 bits per heavy atom. The molecule has 0 aromatic heterocycles. The molecule has 0 atom stereocenters. The minimum Gasteiger partial charge on any atom is -0.505 e. The van der Waals surface area contributed by atoms with Gasteiger partial charge in [0.05, 0.1) is 0 Å². The molecule has 0 heterocycles. The minimum atomic E-state index is 0.0318. The highest BCUT2D eigenvalue weighted by Gasteiger charge is 2.08. The number of benzene rings is 1. The summed E-state index contributed by atoms with van der Waals surface area (Å²) in [5.74, 6) is 0.279. The molecule has 0 aliphatic heterocycles. The van der Waals surface area contributed by atoms with E-state index in [0.29, 0.717) is 5.69 Å². The summed E-state index contributed by atoms with van der Waals surface area (Å²) in [7, 11) is 0. The van der Waals surface area contributed by atoms with Crippen LogP contribution in [0.3, 0.4) is 0 Å². The fourth-order valence-electron chi connectivity index (χ4n) is 1.30. The van der Waals surface area contributed by atoms with Crippen molar-refractivity contribution >= 4 is 11.9 Å². The number of hydrogen-bond acceptors (Lipinski definition) is 2. The molecular weight excluding hydrogens is 186 g/mol. The van der Waals surface area contributed by atoms with Crippen LogP contribution in [0.1, 0.15) is 31.9 Å². The van der Waals surface area contributed by atoms with Gasteiger partial charge in [0, 0.05) is 6.21 Å². The topological polar surface area (TPSA) is 32.6 Å². The van der Waals surface area contributed by atoms with Crippen LogP contribution in [-0.2, 0) is 0 Å². The van der Waals surface area contributed by atoms with Gasteiger partial charge in [-0.15, -0.1) is 0 Å². The van der Waals surface area contributed by atoms with Gasteiger partial charge < -0.3 is 5.11 Å². The van der Waals surface area contributed by atoms with Gasteiger partial charge in [-0.05, 0) is 36.5 Å². The molecule has 1 aromatic rings. The lowest BCUT2D eigenvalue weighted by molar-refractivity contribution is 0.472. The Bertz CT molecular complexity index is 386. The fourth-order valence-corrected chi connectivity index (χ4v) is 1.30. The molecule has 82 valence electrons. The number of phenols is 1. The van der Waals surface area contributed by atoms with Crippen molar-refractivity contribution in [3.05, 3.63) is 23.3 Å². The molecule has 2 nitrogen and oxygen atoms in total. The zero-order valence-electron chi connectivity index (χ0n) is 10.1. The molecule has 2 heteroatoms. The predicted octanol–water partition coefficient (Wildman–Crippen LogP) is 3.76. The third-order valence-corrected chi connectivity index (χ3v) is 2.02. The second-order valence-corrected chi connectivity index (χ2v) is 5.07. The van der Waals surface area contributed by atoms with E-state index in [2.05, 4.69) is 25.8 Å². The lowest BCUT2D eigenvalue weighted by Gasteiger charge is -2.11. The van der Waals surface area contributed by atoms with Gasteiger partial charge >= 0.3 is 0 Å². The molecule has 0 radical (unpaired) electrons. The number of aliphatic imine (C=N–C) groups is 1. The smallest absolute Gasteiger partial charge is 0.144 e. The summed E-state index contributed by atoms with van der Waals surface area (Å²) in [6.45, 7) is 10.1. The van der Waals surface area contributed by atoms with Crippen molar-refractivity contribution in [2.45, 2.75) is 34.6 Å². The first-order valence-electron chi connectivity index (χ1n) is 5.15. The van der Waals surface area contributed by atoms with Gasteiger partial charge in [-0.3, -0.25) is 4.99 Å². The summed E-state index contributed by atoms with van der Waals surface area (Å²) in [5.41, 5.74) is 2.68. The van der Waals surface area contributed by atoms with Crippen molar-refractivity contribution in [2.24, 2.45) is 10.4 Å². The molecule has 0 aliphatic rings.